The molecule has 80 valence electrons. The van der Waals surface area contributed by atoms with Gasteiger partial charge in [-0.3, -0.25) is 0 Å². The predicted octanol–water partition coefficient (Wildman–Crippen LogP) is 1.79. The summed E-state index contributed by atoms with van der Waals surface area (Å²) in [6.07, 6.45) is 7.29. The van der Waals surface area contributed by atoms with Crippen molar-refractivity contribution < 1.29 is 9.59 Å². The first-order valence-electron chi connectivity index (χ1n) is 4.78. The Labute approximate surface area is 89.1 Å². The zero-order valence-electron chi connectivity index (χ0n) is 8.61. The SMILES string of the molecule is C=C=CC(CCCN=C=O)CCN=C=O. The van der Waals surface area contributed by atoms with Crippen molar-refractivity contribution in [2.45, 2.75) is 19.3 Å². The monoisotopic (exact) mass is 206 g/mol. The van der Waals surface area contributed by atoms with Crippen LogP contribution >= 0.6 is 0 Å². The first kappa shape index (κ1) is 13.3. The quantitative estimate of drug-likeness (QED) is 0.263. The van der Waals surface area contributed by atoms with Crippen LogP contribution in [0.15, 0.2) is 28.4 Å². The number of carbonyl (C=O) groups excluding carboxylic acids is 2. The van der Waals surface area contributed by atoms with Gasteiger partial charge in [0.05, 0.1) is 13.1 Å². The van der Waals surface area contributed by atoms with Gasteiger partial charge in [0.1, 0.15) is 0 Å². The molecule has 0 spiro atoms. The fraction of sp³-hybridized carbons (Fsp3) is 0.545. The van der Waals surface area contributed by atoms with Crippen molar-refractivity contribution >= 4 is 12.2 Å². The zero-order chi connectivity index (χ0) is 11.4. The van der Waals surface area contributed by atoms with Gasteiger partial charge in [0.25, 0.3) is 0 Å². The van der Waals surface area contributed by atoms with E-state index >= 15 is 0 Å². The Bertz CT molecular complexity index is 307. The minimum Gasteiger partial charge on any atom is -0.211 e. The summed E-state index contributed by atoms with van der Waals surface area (Å²) < 4.78 is 0. The maximum absolute atomic E-state index is 9.86. The van der Waals surface area contributed by atoms with Crippen molar-refractivity contribution in [3.05, 3.63) is 18.4 Å². The molecule has 1 unspecified atom stereocenters. The lowest BCUT2D eigenvalue weighted by Crippen LogP contribution is -1.99. The molecule has 0 aliphatic rings. The van der Waals surface area contributed by atoms with Gasteiger partial charge in [-0.15, -0.1) is 5.73 Å². The summed E-state index contributed by atoms with van der Waals surface area (Å²) in [4.78, 5) is 26.6. The lowest BCUT2D eigenvalue weighted by molar-refractivity contribution is 0.525. The van der Waals surface area contributed by atoms with E-state index in [1.165, 1.54) is 12.2 Å². The van der Waals surface area contributed by atoms with E-state index in [0.717, 1.165) is 19.3 Å². The molecule has 0 aliphatic heterocycles. The van der Waals surface area contributed by atoms with E-state index in [9.17, 15) is 9.59 Å². The normalized spacial score (nSPS) is 10.4. The van der Waals surface area contributed by atoms with Crippen LogP contribution in [0.1, 0.15) is 19.3 Å². The lowest BCUT2D eigenvalue weighted by atomic mass is 9.99. The number of rotatable bonds is 8. The summed E-state index contributed by atoms with van der Waals surface area (Å²) in [5, 5.41) is 0. The zero-order valence-corrected chi connectivity index (χ0v) is 8.61. The van der Waals surface area contributed by atoms with Crippen LogP contribution in [0.2, 0.25) is 0 Å². The molecule has 0 aliphatic carbocycles. The van der Waals surface area contributed by atoms with Crippen LogP contribution in [0.25, 0.3) is 0 Å². The van der Waals surface area contributed by atoms with Crippen LogP contribution in [0.5, 0.6) is 0 Å². The number of hydrogen-bond donors (Lipinski definition) is 0. The summed E-state index contributed by atoms with van der Waals surface area (Å²) in [5.74, 6) is 0.279. The second kappa shape index (κ2) is 10.4. The van der Waals surface area contributed by atoms with Crippen molar-refractivity contribution in [3.63, 3.8) is 0 Å². The van der Waals surface area contributed by atoms with Crippen molar-refractivity contribution in [2.75, 3.05) is 13.1 Å². The molecule has 0 amide bonds. The Morgan fingerprint density at radius 1 is 1.13 bits per heavy atom. The average molecular weight is 206 g/mol. The highest BCUT2D eigenvalue weighted by molar-refractivity contribution is 5.33. The van der Waals surface area contributed by atoms with Gasteiger partial charge in [0.15, 0.2) is 0 Å². The van der Waals surface area contributed by atoms with Gasteiger partial charge in [-0.25, -0.2) is 19.6 Å². The second-order valence-electron chi connectivity index (χ2n) is 3.01. The third-order valence-corrected chi connectivity index (χ3v) is 1.94. The molecule has 0 aromatic carbocycles. The number of aliphatic imine (C=N–C) groups is 2. The fourth-order valence-corrected chi connectivity index (χ4v) is 1.23. The third kappa shape index (κ3) is 8.61. The van der Waals surface area contributed by atoms with Gasteiger partial charge < -0.3 is 0 Å². The van der Waals surface area contributed by atoms with Gasteiger partial charge in [0, 0.05) is 0 Å². The first-order chi connectivity index (χ1) is 7.35. The van der Waals surface area contributed by atoms with E-state index in [-0.39, 0.29) is 5.92 Å². The molecular weight excluding hydrogens is 192 g/mol. The number of nitrogens with zero attached hydrogens (tertiary/aromatic N) is 2. The van der Waals surface area contributed by atoms with Crippen LogP contribution in [-0.2, 0) is 9.59 Å². The summed E-state index contributed by atoms with van der Waals surface area (Å²) >= 11 is 0. The van der Waals surface area contributed by atoms with E-state index < -0.39 is 0 Å². The molecule has 0 bridgehead atoms. The van der Waals surface area contributed by atoms with Crippen LogP contribution in [0, 0.1) is 5.92 Å². The molecule has 0 radical (unpaired) electrons. The Hall–Kier alpha value is -1.72. The third-order valence-electron chi connectivity index (χ3n) is 1.94. The van der Waals surface area contributed by atoms with Gasteiger partial charge in [-0.2, -0.15) is 0 Å². The van der Waals surface area contributed by atoms with Gasteiger partial charge >= 0.3 is 0 Å². The number of isocyanates is 2. The van der Waals surface area contributed by atoms with Gasteiger partial charge in [0.2, 0.25) is 12.2 Å². The topological polar surface area (TPSA) is 58.9 Å². The molecule has 0 aromatic heterocycles. The molecule has 0 N–H and O–H groups in total. The highest BCUT2D eigenvalue weighted by Crippen LogP contribution is 2.12. The molecule has 0 aromatic rings. The van der Waals surface area contributed by atoms with Crippen LogP contribution < -0.4 is 0 Å². The maximum atomic E-state index is 9.86. The second-order valence-corrected chi connectivity index (χ2v) is 3.01. The van der Waals surface area contributed by atoms with Gasteiger partial charge in [-0.1, -0.05) is 6.58 Å². The molecule has 0 rings (SSSR count). The Morgan fingerprint density at radius 2 is 1.80 bits per heavy atom. The van der Waals surface area contributed by atoms with Crippen molar-refractivity contribution in [2.24, 2.45) is 15.9 Å². The van der Waals surface area contributed by atoms with E-state index in [2.05, 4.69) is 22.3 Å². The molecular formula is C11H14N2O2. The van der Waals surface area contributed by atoms with Crippen LogP contribution in [0.3, 0.4) is 0 Å². The largest absolute Gasteiger partial charge is 0.234 e. The highest BCUT2D eigenvalue weighted by Gasteiger charge is 2.03. The minimum atomic E-state index is 0.279. The molecule has 4 nitrogen and oxygen atoms in total. The predicted molar refractivity (Wildman–Crippen MR) is 57.0 cm³/mol. The van der Waals surface area contributed by atoms with Crippen LogP contribution in [-0.4, -0.2) is 25.2 Å². The molecule has 1 atom stereocenters. The standard InChI is InChI=1S/C11H14N2O2/c1-2-4-11(6-8-13-10-15)5-3-7-12-9-14/h4,11H,1,3,5-8H2. The number of hydrogen-bond acceptors (Lipinski definition) is 4. The van der Waals surface area contributed by atoms with Crippen molar-refractivity contribution in [1.82, 2.24) is 0 Å². The molecule has 0 saturated carbocycles. The molecule has 0 saturated heterocycles. The van der Waals surface area contributed by atoms with E-state index in [1.807, 2.05) is 6.08 Å². The van der Waals surface area contributed by atoms with E-state index in [0.29, 0.717) is 13.1 Å². The van der Waals surface area contributed by atoms with E-state index in [1.54, 1.807) is 0 Å². The molecule has 15 heavy (non-hydrogen) atoms. The smallest absolute Gasteiger partial charge is 0.211 e. The maximum Gasteiger partial charge on any atom is 0.234 e. The molecule has 4 heteroatoms. The first-order valence-corrected chi connectivity index (χ1v) is 4.78. The molecule has 0 fully saturated rings. The summed E-state index contributed by atoms with van der Waals surface area (Å²) in [7, 11) is 0. The Kier molecular flexibility index (Phi) is 9.17. The Balaban J connectivity index is 3.86. The molecule has 0 heterocycles. The summed E-state index contributed by atoms with van der Waals surface area (Å²) in [6, 6.07) is 0. The Morgan fingerprint density at radius 3 is 2.40 bits per heavy atom. The average Bonchev–Trinajstić information content (AvgIpc) is 2.24. The highest BCUT2D eigenvalue weighted by atomic mass is 16.1. The van der Waals surface area contributed by atoms with E-state index in [4.69, 9.17) is 0 Å². The van der Waals surface area contributed by atoms with Crippen molar-refractivity contribution in [1.29, 1.82) is 0 Å². The summed E-state index contributed by atoms with van der Waals surface area (Å²) in [6.45, 7) is 4.45. The fourth-order valence-electron chi connectivity index (χ4n) is 1.23. The van der Waals surface area contributed by atoms with Crippen LogP contribution in [0.4, 0.5) is 0 Å². The number of allylic oxidation sites excluding steroid dienone is 1. The van der Waals surface area contributed by atoms with Gasteiger partial charge in [-0.05, 0) is 31.3 Å². The summed E-state index contributed by atoms with van der Waals surface area (Å²) in [5.41, 5.74) is 2.71. The lowest BCUT2D eigenvalue weighted by Gasteiger charge is -2.07. The minimum absolute atomic E-state index is 0.279. The van der Waals surface area contributed by atoms with Crippen molar-refractivity contribution in [3.8, 4) is 0 Å².